The van der Waals surface area contributed by atoms with E-state index >= 15 is 0 Å². The predicted molar refractivity (Wildman–Crippen MR) is 101 cm³/mol. The first-order chi connectivity index (χ1) is 12.0. The molecule has 0 saturated carbocycles. The summed E-state index contributed by atoms with van der Waals surface area (Å²) in [6.45, 7) is 9.22. The van der Waals surface area contributed by atoms with Crippen molar-refractivity contribution in [2.24, 2.45) is 0 Å². The van der Waals surface area contributed by atoms with Crippen LogP contribution in [-0.4, -0.2) is 23.1 Å². The van der Waals surface area contributed by atoms with E-state index < -0.39 is 0 Å². The van der Waals surface area contributed by atoms with Gasteiger partial charge in [0.2, 0.25) is 5.91 Å². The Morgan fingerprint density at radius 1 is 1.28 bits per heavy atom. The normalized spacial score (nSPS) is 11.0. The molecule has 0 aromatic carbocycles. The van der Waals surface area contributed by atoms with E-state index in [1.807, 2.05) is 38.3 Å². The fourth-order valence-electron chi connectivity index (χ4n) is 2.85. The van der Waals surface area contributed by atoms with E-state index in [1.54, 1.807) is 24.3 Å². The summed E-state index contributed by atoms with van der Waals surface area (Å²) in [5.74, 6) is -0.543. The summed E-state index contributed by atoms with van der Waals surface area (Å²) in [7, 11) is 0. The Morgan fingerprint density at radius 3 is 2.64 bits per heavy atom. The number of aromatic nitrogens is 1. The highest BCUT2D eigenvalue weighted by molar-refractivity contribution is 7.09. The average molecular weight is 360 g/mol. The highest BCUT2D eigenvalue weighted by Crippen LogP contribution is 2.25. The summed E-state index contributed by atoms with van der Waals surface area (Å²) in [4.78, 5) is 25.5. The molecule has 0 atom stereocenters. The van der Waals surface area contributed by atoms with Crippen molar-refractivity contribution in [3.63, 3.8) is 0 Å². The van der Waals surface area contributed by atoms with Crippen molar-refractivity contribution in [1.29, 1.82) is 0 Å². The van der Waals surface area contributed by atoms with Gasteiger partial charge in [0.05, 0.1) is 18.7 Å². The van der Waals surface area contributed by atoms with Crippen LogP contribution < -0.4 is 5.32 Å². The number of nitrogens with one attached hydrogen (secondary N) is 1. The van der Waals surface area contributed by atoms with E-state index in [9.17, 15) is 9.59 Å². The van der Waals surface area contributed by atoms with Crippen LogP contribution in [0, 0.1) is 13.8 Å². The van der Waals surface area contributed by atoms with Gasteiger partial charge >= 0.3 is 5.97 Å². The maximum Gasteiger partial charge on any atom is 0.340 e. The lowest BCUT2D eigenvalue weighted by atomic mass is 10.1. The lowest BCUT2D eigenvalue weighted by Crippen LogP contribution is -2.19. The summed E-state index contributed by atoms with van der Waals surface area (Å²) in [5, 5.41) is 4.82. The number of hydrogen-bond donors (Lipinski definition) is 1. The zero-order chi connectivity index (χ0) is 18.4. The fourth-order valence-corrected chi connectivity index (χ4v) is 3.50. The van der Waals surface area contributed by atoms with Crippen molar-refractivity contribution in [2.45, 2.75) is 40.8 Å². The quantitative estimate of drug-likeness (QED) is 0.605. The highest BCUT2D eigenvalue weighted by Gasteiger charge is 2.22. The predicted octanol–water partition coefficient (Wildman–Crippen LogP) is 3.69. The van der Waals surface area contributed by atoms with E-state index in [1.165, 1.54) is 6.08 Å². The van der Waals surface area contributed by atoms with Gasteiger partial charge in [0, 0.05) is 34.4 Å². The Balaban J connectivity index is 2.21. The Morgan fingerprint density at radius 2 is 2.04 bits per heavy atom. The van der Waals surface area contributed by atoms with Crippen LogP contribution in [0.5, 0.6) is 0 Å². The molecule has 134 valence electrons. The molecule has 1 amide bonds. The molecular weight excluding hydrogens is 336 g/mol. The molecule has 0 radical (unpaired) electrons. The van der Waals surface area contributed by atoms with Crippen LogP contribution in [0.4, 0.5) is 0 Å². The first kappa shape index (κ1) is 19.0. The number of ether oxygens (including phenoxy) is 1. The largest absolute Gasteiger partial charge is 0.462 e. The Hall–Kier alpha value is -2.34. The molecule has 0 bridgehead atoms. The van der Waals surface area contributed by atoms with Crippen LogP contribution in [0.15, 0.2) is 23.6 Å². The van der Waals surface area contributed by atoms with Crippen LogP contribution in [-0.2, 0) is 22.6 Å². The fraction of sp³-hybridized carbons (Fsp3) is 0.368. The van der Waals surface area contributed by atoms with Gasteiger partial charge in [-0.2, -0.15) is 0 Å². The third-order valence-electron chi connectivity index (χ3n) is 4.04. The van der Waals surface area contributed by atoms with Crippen molar-refractivity contribution < 1.29 is 14.3 Å². The lowest BCUT2D eigenvalue weighted by Gasteiger charge is -2.05. The molecule has 0 spiro atoms. The molecule has 0 aliphatic rings. The van der Waals surface area contributed by atoms with Gasteiger partial charge in [0.15, 0.2) is 0 Å². The molecule has 2 aromatic heterocycles. The summed E-state index contributed by atoms with van der Waals surface area (Å²) < 4.78 is 7.23. The molecule has 2 rings (SSSR count). The zero-order valence-electron chi connectivity index (χ0n) is 15.1. The van der Waals surface area contributed by atoms with Gasteiger partial charge in [-0.1, -0.05) is 6.07 Å². The van der Waals surface area contributed by atoms with Crippen molar-refractivity contribution in [3.8, 4) is 0 Å². The molecule has 2 aromatic rings. The van der Waals surface area contributed by atoms with Gasteiger partial charge in [-0.05, 0) is 45.2 Å². The van der Waals surface area contributed by atoms with Gasteiger partial charge in [0.25, 0.3) is 0 Å². The molecule has 2 heterocycles. The minimum atomic E-state index is -0.353. The summed E-state index contributed by atoms with van der Waals surface area (Å²) in [6, 6.07) is 3.93. The number of hydrogen-bond acceptors (Lipinski definition) is 4. The van der Waals surface area contributed by atoms with Crippen molar-refractivity contribution in [2.75, 3.05) is 6.61 Å². The van der Waals surface area contributed by atoms with Crippen LogP contribution in [0.25, 0.3) is 6.08 Å². The van der Waals surface area contributed by atoms with E-state index in [0.29, 0.717) is 18.7 Å². The Bertz CT molecular complexity index is 773. The molecule has 0 fully saturated rings. The second kappa shape index (κ2) is 8.67. The minimum absolute atomic E-state index is 0.190. The van der Waals surface area contributed by atoms with Crippen molar-refractivity contribution >= 4 is 29.3 Å². The molecule has 6 heteroatoms. The van der Waals surface area contributed by atoms with Gasteiger partial charge in [-0.3, -0.25) is 4.79 Å². The highest BCUT2D eigenvalue weighted by atomic mass is 32.1. The number of carbonyl (C=O) groups excluding carboxylic acids is 2. The molecule has 0 saturated heterocycles. The first-order valence-electron chi connectivity index (χ1n) is 8.34. The van der Waals surface area contributed by atoms with Crippen LogP contribution >= 0.6 is 11.3 Å². The number of carbonyl (C=O) groups is 2. The second-order valence-corrected chi connectivity index (χ2v) is 6.59. The van der Waals surface area contributed by atoms with Gasteiger partial charge in [-0.25, -0.2) is 4.79 Å². The molecular formula is C19H24N2O3S. The third kappa shape index (κ3) is 4.39. The number of rotatable bonds is 7. The monoisotopic (exact) mass is 360 g/mol. The number of amides is 1. The third-order valence-corrected chi connectivity index (χ3v) is 4.92. The van der Waals surface area contributed by atoms with Crippen molar-refractivity contribution in [1.82, 2.24) is 9.88 Å². The number of thiophene rings is 1. The zero-order valence-corrected chi connectivity index (χ0v) is 15.9. The van der Waals surface area contributed by atoms with E-state index in [2.05, 4.69) is 9.88 Å². The Kier molecular flexibility index (Phi) is 6.58. The summed E-state index contributed by atoms with van der Waals surface area (Å²) in [6.07, 6.45) is 3.17. The topological polar surface area (TPSA) is 60.3 Å². The summed E-state index contributed by atoms with van der Waals surface area (Å²) in [5.41, 5.74) is 3.08. The van der Waals surface area contributed by atoms with Crippen LogP contribution in [0.3, 0.4) is 0 Å². The van der Waals surface area contributed by atoms with Gasteiger partial charge in [0.1, 0.15) is 0 Å². The van der Waals surface area contributed by atoms with Gasteiger partial charge < -0.3 is 14.6 Å². The average Bonchev–Trinajstić information content (AvgIpc) is 3.17. The maximum absolute atomic E-state index is 12.3. The minimum Gasteiger partial charge on any atom is -0.462 e. The van der Waals surface area contributed by atoms with Crippen LogP contribution in [0.2, 0.25) is 0 Å². The van der Waals surface area contributed by atoms with Crippen molar-refractivity contribution in [3.05, 3.63) is 51.0 Å². The van der Waals surface area contributed by atoms with Gasteiger partial charge in [-0.15, -0.1) is 11.3 Å². The molecule has 5 nitrogen and oxygen atoms in total. The number of esters is 1. The molecule has 1 N–H and O–H groups in total. The van der Waals surface area contributed by atoms with E-state index in [4.69, 9.17) is 4.74 Å². The maximum atomic E-state index is 12.3. The summed E-state index contributed by atoms with van der Waals surface area (Å²) >= 11 is 1.60. The molecule has 0 unspecified atom stereocenters. The standard InChI is InChI=1S/C19H24N2O3S/c1-5-21-13(3)16(18(14(21)4)19(23)24-6-2)9-10-17(22)20-12-15-8-7-11-25-15/h7-11H,5-6,12H2,1-4H3,(H,20,22)/b10-9+. The van der Waals surface area contributed by atoms with Crippen LogP contribution in [0.1, 0.15) is 46.0 Å². The SMILES string of the molecule is CCOC(=O)c1c(/C=C/C(=O)NCc2cccs2)c(C)n(CC)c1C. The smallest absolute Gasteiger partial charge is 0.340 e. The molecule has 25 heavy (non-hydrogen) atoms. The number of nitrogens with zero attached hydrogens (tertiary/aromatic N) is 1. The molecule has 0 aliphatic heterocycles. The van der Waals surface area contributed by atoms with E-state index in [0.717, 1.165) is 28.4 Å². The second-order valence-electron chi connectivity index (χ2n) is 5.55. The Labute approximate surface area is 152 Å². The first-order valence-corrected chi connectivity index (χ1v) is 9.22. The lowest BCUT2D eigenvalue weighted by molar-refractivity contribution is -0.116. The van der Waals surface area contributed by atoms with E-state index in [-0.39, 0.29) is 11.9 Å². The molecule has 0 aliphatic carbocycles.